The number of benzene rings is 1. The first-order chi connectivity index (χ1) is 10.0. The Kier molecular flexibility index (Phi) is 3.62. The summed E-state index contributed by atoms with van der Waals surface area (Å²) in [5, 5.41) is 0. The van der Waals surface area contributed by atoms with Gasteiger partial charge in [0, 0.05) is 12.5 Å². The maximum atomic E-state index is 12.3. The summed E-state index contributed by atoms with van der Waals surface area (Å²) < 4.78 is 32.1. The van der Waals surface area contributed by atoms with Gasteiger partial charge in [0.2, 0.25) is 15.9 Å². The smallest absolute Gasteiger partial charge is 0.240 e. The van der Waals surface area contributed by atoms with Gasteiger partial charge < -0.3 is 9.64 Å². The number of rotatable bonds is 4. The Morgan fingerprint density at radius 2 is 2.19 bits per heavy atom. The van der Waals surface area contributed by atoms with Crippen LogP contribution in [-0.2, 0) is 14.8 Å². The lowest BCUT2D eigenvalue weighted by molar-refractivity contribution is -0.120. The normalized spacial score (nSPS) is 18.0. The highest BCUT2D eigenvalue weighted by molar-refractivity contribution is 7.89. The Morgan fingerprint density at radius 3 is 2.86 bits per heavy atom. The molecule has 7 heteroatoms. The van der Waals surface area contributed by atoms with E-state index in [0.717, 1.165) is 12.8 Å². The van der Waals surface area contributed by atoms with Crippen LogP contribution >= 0.6 is 0 Å². The highest BCUT2D eigenvalue weighted by Gasteiger charge is 2.36. The van der Waals surface area contributed by atoms with Gasteiger partial charge in [0.05, 0.1) is 17.1 Å². The average molecular weight is 310 g/mol. The van der Waals surface area contributed by atoms with E-state index in [1.807, 2.05) is 0 Å². The molecule has 0 spiro atoms. The van der Waals surface area contributed by atoms with E-state index in [2.05, 4.69) is 4.72 Å². The zero-order valence-corrected chi connectivity index (χ0v) is 12.6. The summed E-state index contributed by atoms with van der Waals surface area (Å²) in [6.07, 6.45) is 1.84. The summed E-state index contributed by atoms with van der Waals surface area (Å²) >= 11 is 0. The van der Waals surface area contributed by atoms with E-state index in [9.17, 15) is 13.2 Å². The predicted molar refractivity (Wildman–Crippen MR) is 77.9 cm³/mol. The number of carbonyl (C=O) groups excluding carboxylic acids is 1. The van der Waals surface area contributed by atoms with Crippen LogP contribution in [0.25, 0.3) is 0 Å². The fourth-order valence-electron chi connectivity index (χ4n) is 2.42. The molecule has 0 atom stereocenters. The van der Waals surface area contributed by atoms with Gasteiger partial charge in [0.25, 0.3) is 0 Å². The third-order valence-corrected chi connectivity index (χ3v) is 5.17. The molecule has 3 rings (SSSR count). The summed E-state index contributed by atoms with van der Waals surface area (Å²) in [6.45, 7) is 2.94. The number of nitrogens with one attached hydrogen (secondary N) is 1. The number of fused-ring (bicyclic) bond motifs is 1. The van der Waals surface area contributed by atoms with Crippen LogP contribution in [0.3, 0.4) is 0 Å². The molecule has 21 heavy (non-hydrogen) atoms. The summed E-state index contributed by atoms with van der Waals surface area (Å²) in [5.74, 6) is 0.716. The number of sulfonamides is 1. The molecule has 1 heterocycles. The van der Waals surface area contributed by atoms with Crippen molar-refractivity contribution in [2.45, 2.75) is 24.7 Å². The van der Waals surface area contributed by atoms with Gasteiger partial charge >= 0.3 is 0 Å². The summed E-state index contributed by atoms with van der Waals surface area (Å²) in [6, 6.07) is 4.64. The standard InChI is InChI=1S/C14H18N2O4S/c1-2-15-21(18,19)11-5-6-13-12(9-11)16(7-8-20-13)14(17)10-3-4-10/h5-6,9-10,15H,2-4,7-8H2,1H3. The minimum atomic E-state index is -3.54. The van der Waals surface area contributed by atoms with Crippen molar-refractivity contribution in [1.29, 1.82) is 0 Å². The first-order valence-corrected chi connectivity index (χ1v) is 8.59. The van der Waals surface area contributed by atoms with E-state index in [1.165, 1.54) is 12.1 Å². The number of hydrogen-bond donors (Lipinski definition) is 1. The van der Waals surface area contributed by atoms with E-state index >= 15 is 0 Å². The largest absolute Gasteiger partial charge is 0.490 e. The van der Waals surface area contributed by atoms with Crippen LogP contribution in [0.1, 0.15) is 19.8 Å². The molecule has 1 fully saturated rings. The number of anilines is 1. The summed E-state index contributed by atoms with van der Waals surface area (Å²) in [7, 11) is -3.54. The lowest BCUT2D eigenvalue weighted by atomic mass is 10.2. The number of carbonyl (C=O) groups is 1. The third kappa shape index (κ3) is 2.75. The quantitative estimate of drug-likeness (QED) is 0.904. The highest BCUT2D eigenvalue weighted by Crippen LogP contribution is 2.38. The molecule has 1 aliphatic heterocycles. The second kappa shape index (κ2) is 5.31. The van der Waals surface area contributed by atoms with E-state index in [0.29, 0.717) is 31.1 Å². The van der Waals surface area contributed by atoms with Crippen molar-refractivity contribution >= 4 is 21.6 Å². The predicted octanol–water partition coefficient (Wildman–Crippen LogP) is 1.12. The van der Waals surface area contributed by atoms with Crippen molar-refractivity contribution in [3.63, 3.8) is 0 Å². The second-order valence-corrected chi connectivity index (χ2v) is 7.01. The average Bonchev–Trinajstić information content (AvgIpc) is 3.30. The molecule has 0 bridgehead atoms. The highest BCUT2D eigenvalue weighted by atomic mass is 32.2. The molecule has 0 radical (unpaired) electrons. The second-order valence-electron chi connectivity index (χ2n) is 5.24. The fourth-order valence-corrected chi connectivity index (χ4v) is 3.48. The Bertz CT molecular complexity index is 668. The maximum Gasteiger partial charge on any atom is 0.240 e. The third-order valence-electron chi connectivity index (χ3n) is 3.63. The summed E-state index contributed by atoms with van der Waals surface area (Å²) in [5.41, 5.74) is 0.553. The molecular formula is C14H18N2O4S. The Balaban J connectivity index is 1.98. The van der Waals surface area contributed by atoms with Crippen LogP contribution in [0.15, 0.2) is 23.1 Å². The van der Waals surface area contributed by atoms with Crippen LogP contribution in [0, 0.1) is 5.92 Å². The molecule has 1 amide bonds. The number of amides is 1. The van der Waals surface area contributed by atoms with Crippen molar-refractivity contribution in [2.24, 2.45) is 5.92 Å². The molecule has 2 aliphatic rings. The number of hydrogen-bond acceptors (Lipinski definition) is 4. The topological polar surface area (TPSA) is 75.7 Å². The molecule has 1 aromatic carbocycles. The molecule has 114 valence electrons. The van der Waals surface area contributed by atoms with Gasteiger partial charge in [-0.25, -0.2) is 13.1 Å². The van der Waals surface area contributed by atoms with Gasteiger partial charge in [0.15, 0.2) is 0 Å². The Morgan fingerprint density at radius 1 is 1.43 bits per heavy atom. The molecule has 0 unspecified atom stereocenters. The van der Waals surface area contributed by atoms with Crippen LogP contribution in [0.2, 0.25) is 0 Å². The first-order valence-electron chi connectivity index (χ1n) is 7.11. The number of nitrogens with zero attached hydrogens (tertiary/aromatic N) is 1. The van der Waals surface area contributed by atoms with Gasteiger partial charge in [0.1, 0.15) is 12.4 Å². The molecular weight excluding hydrogens is 292 g/mol. The monoisotopic (exact) mass is 310 g/mol. The SMILES string of the molecule is CCNS(=O)(=O)c1ccc2c(c1)N(C(=O)C1CC1)CCO2. The maximum absolute atomic E-state index is 12.3. The van der Waals surface area contributed by atoms with Crippen LogP contribution in [0.4, 0.5) is 5.69 Å². The molecule has 1 aromatic rings. The summed E-state index contributed by atoms with van der Waals surface area (Å²) in [4.78, 5) is 14.1. The van der Waals surface area contributed by atoms with Crippen molar-refractivity contribution < 1.29 is 17.9 Å². The van der Waals surface area contributed by atoms with Crippen molar-refractivity contribution in [3.05, 3.63) is 18.2 Å². The molecule has 1 aliphatic carbocycles. The van der Waals surface area contributed by atoms with E-state index in [1.54, 1.807) is 17.9 Å². The Labute approximate surface area is 124 Å². The zero-order valence-electron chi connectivity index (χ0n) is 11.8. The van der Waals surface area contributed by atoms with Gasteiger partial charge in [-0.15, -0.1) is 0 Å². The van der Waals surface area contributed by atoms with Crippen LogP contribution in [-0.4, -0.2) is 34.0 Å². The van der Waals surface area contributed by atoms with Gasteiger partial charge in [-0.1, -0.05) is 6.92 Å². The van der Waals surface area contributed by atoms with Crippen molar-refractivity contribution in [1.82, 2.24) is 4.72 Å². The molecule has 1 N–H and O–H groups in total. The fraction of sp³-hybridized carbons (Fsp3) is 0.500. The van der Waals surface area contributed by atoms with E-state index in [4.69, 9.17) is 4.74 Å². The van der Waals surface area contributed by atoms with Crippen LogP contribution < -0.4 is 14.4 Å². The minimum Gasteiger partial charge on any atom is -0.490 e. The Hall–Kier alpha value is -1.60. The lowest BCUT2D eigenvalue weighted by Gasteiger charge is -2.30. The molecule has 0 aromatic heterocycles. The minimum absolute atomic E-state index is 0.0672. The van der Waals surface area contributed by atoms with Gasteiger partial charge in [-0.2, -0.15) is 0 Å². The van der Waals surface area contributed by atoms with E-state index in [-0.39, 0.29) is 16.7 Å². The lowest BCUT2D eigenvalue weighted by Crippen LogP contribution is -2.39. The molecule has 6 nitrogen and oxygen atoms in total. The van der Waals surface area contributed by atoms with E-state index < -0.39 is 10.0 Å². The molecule has 1 saturated carbocycles. The van der Waals surface area contributed by atoms with Crippen LogP contribution in [0.5, 0.6) is 5.75 Å². The van der Waals surface area contributed by atoms with Gasteiger partial charge in [-0.05, 0) is 31.0 Å². The first kappa shape index (κ1) is 14.3. The zero-order chi connectivity index (χ0) is 15.0. The number of ether oxygens (including phenoxy) is 1. The van der Waals surface area contributed by atoms with Crippen molar-refractivity contribution in [2.75, 3.05) is 24.6 Å². The molecule has 0 saturated heterocycles. The van der Waals surface area contributed by atoms with Crippen molar-refractivity contribution in [3.8, 4) is 5.75 Å². The van der Waals surface area contributed by atoms with Gasteiger partial charge in [-0.3, -0.25) is 4.79 Å².